The van der Waals surface area contributed by atoms with Crippen molar-refractivity contribution in [2.24, 2.45) is 11.1 Å². The van der Waals surface area contributed by atoms with E-state index in [1.54, 1.807) is 0 Å². The predicted octanol–water partition coefficient (Wildman–Crippen LogP) is -0.497. The first-order valence-corrected chi connectivity index (χ1v) is 5.24. The van der Waals surface area contributed by atoms with Gasteiger partial charge in [-0.15, -0.1) is 0 Å². The van der Waals surface area contributed by atoms with E-state index < -0.39 is 5.41 Å². The molecular formula is C10H20N2O3. The minimum Gasteiger partial charge on any atom is -0.376 e. The summed E-state index contributed by atoms with van der Waals surface area (Å²) in [4.78, 5) is 11.7. The van der Waals surface area contributed by atoms with E-state index >= 15 is 0 Å². The minimum absolute atomic E-state index is 0.0312. The Morgan fingerprint density at radius 2 is 2.27 bits per heavy atom. The molecule has 0 saturated carbocycles. The highest BCUT2D eigenvalue weighted by molar-refractivity contribution is 5.82. The number of carbonyl (C=O) groups is 1. The Kier molecular flexibility index (Phi) is 4.50. The highest BCUT2D eigenvalue weighted by Crippen LogP contribution is 2.12. The molecular weight excluding hydrogens is 196 g/mol. The molecule has 5 heteroatoms. The molecule has 0 aliphatic carbocycles. The zero-order valence-electron chi connectivity index (χ0n) is 9.41. The zero-order chi connectivity index (χ0) is 11.3. The smallest absolute Gasteiger partial charge is 0.227 e. The van der Waals surface area contributed by atoms with Gasteiger partial charge in [-0.3, -0.25) is 4.79 Å². The van der Waals surface area contributed by atoms with Crippen LogP contribution in [0.4, 0.5) is 0 Å². The van der Waals surface area contributed by atoms with Gasteiger partial charge >= 0.3 is 0 Å². The SMILES string of the molecule is CC(C)(CN)C(=O)NCC1COCCO1. The van der Waals surface area contributed by atoms with Gasteiger partial charge < -0.3 is 20.5 Å². The number of rotatable bonds is 4. The molecule has 1 heterocycles. The second kappa shape index (κ2) is 5.44. The van der Waals surface area contributed by atoms with Gasteiger partial charge in [0.1, 0.15) is 0 Å². The highest BCUT2D eigenvalue weighted by atomic mass is 16.6. The van der Waals surface area contributed by atoms with Gasteiger partial charge in [0.25, 0.3) is 0 Å². The molecule has 1 fully saturated rings. The molecule has 1 unspecified atom stereocenters. The molecule has 0 aromatic carbocycles. The lowest BCUT2D eigenvalue weighted by Crippen LogP contribution is -2.46. The molecule has 1 aliphatic rings. The molecule has 3 N–H and O–H groups in total. The summed E-state index contributed by atoms with van der Waals surface area (Å²) in [6.45, 7) is 6.24. The second-order valence-corrected chi connectivity index (χ2v) is 4.37. The molecule has 1 saturated heterocycles. The molecule has 5 nitrogen and oxygen atoms in total. The summed E-state index contributed by atoms with van der Waals surface area (Å²) in [6, 6.07) is 0. The fraction of sp³-hybridized carbons (Fsp3) is 0.900. The second-order valence-electron chi connectivity index (χ2n) is 4.37. The lowest BCUT2D eigenvalue weighted by molar-refractivity contribution is -0.131. The van der Waals surface area contributed by atoms with Crippen LogP contribution in [-0.4, -0.2) is 44.9 Å². The Hall–Kier alpha value is -0.650. The largest absolute Gasteiger partial charge is 0.376 e. The maximum atomic E-state index is 11.7. The topological polar surface area (TPSA) is 73.6 Å². The molecule has 15 heavy (non-hydrogen) atoms. The van der Waals surface area contributed by atoms with Crippen LogP contribution >= 0.6 is 0 Å². The third-order valence-corrected chi connectivity index (χ3v) is 2.50. The molecule has 88 valence electrons. The zero-order valence-corrected chi connectivity index (χ0v) is 9.41. The van der Waals surface area contributed by atoms with Crippen molar-refractivity contribution >= 4 is 5.91 Å². The molecule has 0 aromatic rings. The summed E-state index contributed by atoms with van der Waals surface area (Å²) < 4.78 is 10.6. The van der Waals surface area contributed by atoms with E-state index in [1.807, 2.05) is 13.8 Å². The van der Waals surface area contributed by atoms with Crippen molar-refractivity contribution in [2.45, 2.75) is 20.0 Å². The molecule has 0 aromatic heterocycles. The standard InChI is InChI=1S/C10H20N2O3/c1-10(2,7-11)9(13)12-5-8-6-14-3-4-15-8/h8H,3-7,11H2,1-2H3,(H,12,13). The van der Waals surface area contributed by atoms with Crippen LogP contribution in [0.25, 0.3) is 0 Å². The Morgan fingerprint density at radius 3 is 2.80 bits per heavy atom. The van der Waals surface area contributed by atoms with Crippen LogP contribution in [0.5, 0.6) is 0 Å². The first kappa shape index (κ1) is 12.4. The summed E-state index contributed by atoms with van der Waals surface area (Å²) in [7, 11) is 0. The average Bonchev–Trinajstić information content (AvgIpc) is 2.27. The van der Waals surface area contributed by atoms with Gasteiger partial charge in [-0.25, -0.2) is 0 Å². The van der Waals surface area contributed by atoms with E-state index in [2.05, 4.69) is 5.32 Å². The number of amides is 1. The van der Waals surface area contributed by atoms with Gasteiger partial charge in [0.05, 0.1) is 31.3 Å². The van der Waals surface area contributed by atoms with E-state index in [0.29, 0.717) is 32.9 Å². The van der Waals surface area contributed by atoms with Crippen LogP contribution in [-0.2, 0) is 14.3 Å². The fourth-order valence-corrected chi connectivity index (χ4v) is 1.19. The number of hydrogen-bond donors (Lipinski definition) is 2. The van der Waals surface area contributed by atoms with Crippen LogP contribution in [0, 0.1) is 5.41 Å². The first-order valence-electron chi connectivity index (χ1n) is 5.24. The summed E-state index contributed by atoms with van der Waals surface area (Å²) in [5.74, 6) is -0.0424. The van der Waals surface area contributed by atoms with Crippen LogP contribution in [0.2, 0.25) is 0 Å². The van der Waals surface area contributed by atoms with E-state index in [1.165, 1.54) is 0 Å². The minimum atomic E-state index is -0.518. The molecule has 1 aliphatic heterocycles. The quantitative estimate of drug-likeness (QED) is 0.664. The van der Waals surface area contributed by atoms with Crippen LogP contribution in [0.1, 0.15) is 13.8 Å². The van der Waals surface area contributed by atoms with Crippen molar-refractivity contribution < 1.29 is 14.3 Å². The Labute approximate surface area is 90.3 Å². The normalized spacial score (nSPS) is 22.5. The maximum absolute atomic E-state index is 11.7. The number of carbonyl (C=O) groups excluding carboxylic acids is 1. The van der Waals surface area contributed by atoms with E-state index in [-0.39, 0.29) is 12.0 Å². The lowest BCUT2D eigenvalue weighted by atomic mass is 9.93. The fourth-order valence-electron chi connectivity index (χ4n) is 1.19. The van der Waals surface area contributed by atoms with E-state index in [0.717, 1.165) is 0 Å². The molecule has 1 amide bonds. The van der Waals surface area contributed by atoms with Crippen molar-refractivity contribution in [2.75, 3.05) is 32.9 Å². The van der Waals surface area contributed by atoms with Crippen molar-refractivity contribution in [3.8, 4) is 0 Å². The van der Waals surface area contributed by atoms with Gasteiger partial charge in [0, 0.05) is 13.1 Å². The van der Waals surface area contributed by atoms with E-state index in [4.69, 9.17) is 15.2 Å². The van der Waals surface area contributed by atoms with Crippen molar-refractivity contribution in [3.05, 3.63) is 0 Å². The Bertz CT molecular complexity index is 213. The molecule has 1 rings (SSSR count). The summed E-state index contributed by atoms with van der Waals surface area (Å²) in [5, 5.41) is 2.82. The maximum Gasteiger partial charge on any atom is 0.227 e. The van der Waals surface area contributed by atoms with Crippen LogP contribution < -0.4 is 11.1 Å². The van der Waals surface area contributed by atoms with Crippen molar-refractivity contribution in [1.29, 1.82) is 0 Å². The highest BCUT2D eigenvalue weighted by Gasteiger charge is 2.26. The van der Waals surface area contributed by atoms with Gasteiger partial charge in [-0.1, -0.05) is 0 Å². The number of nitrogens with one attached hydrogen (secondary N) is 1. The van der Waals surface area contributed by atoms with Crippen molar-refractivity contribution in [3.63, 3.8) is 0 Å². The number of nitrogens with two attached hydrogens (primary N) is 1. The first-order chi connectivity index (χ1) is 7.06. The summed E-state index contributed by atoms with van der Waals surface area (Å²) in [5.41, 5.74) is 4.98. The Balaban J connectivity index is 2.26. The van der Waals surface area contributed by atoms with Gasteiger partial charge in [0.2, 0.25) is 5.91 Å². The lowest BCUT2D eigenvalue weighted by Gasteiger charge is -2.26. The molecule has 0 bridgehead atoms. The van der Waals surface area contributed by atoms with Gasteiger partial charge in [-0.05, 0) is 13.8 Å². The summed E-state index contributed by atoms with van der Waals surface area (Å²) in [6.07, 6.45) is -0.0312. The van der Waals surface area contributed by atoms with Gasteiger partial charge in [-0.2, -0.15) is 0 Å². The third-order valence-electron chi connectivity index (χ3n) is 2.50. The molecule has 0 spiro atoms. The van der Waals surface area contributed by atoms with E-state index in [9.17, 15) is 4.79 Å². The molecule has 0 radical (unpaired) electrons. The number of ether oxygens (including phenoxy) is 2. The molecule has 1 atom stereocenters. The van der Waals surface area contributed by atoms with Gasteiger partial charge in [0.15, 0.2) is 0 Å². The predicted molar refractivity (Wildman–Crippen MR) is 56.4 cm³/mol. The van der Waals surface area contributed by atoms with Crippen molar-refractivity contribution in [1.82, 2.24) is 5.32 Å². The summed E-state index contributed by atoms with van der Waals surface area (Å²) >= 11 is 0. The van der Waals surface area contributed by atoms with Crippen LogP contribution in [0.3, 0.4) is 0 Å². The van der Waals surface area contributed by atoms with Crippen LogP contribution in [0.15, 0.2) is 0 Å². The average molecular weight is 216 g/mol. The number of hydrogen-bond acceptors (Lipinski definition) is 4. The third kappa shape index (κ3) is 3.77. The monoisotopic (exact) mass is 216 g/mol. The Morgan fingerprint density at radius 1 is 1.53 bits per heavy atom.